The van der Waals surface area contributed by atoms with Gasteiger partial charge in [0.2, 0.25) is 10.0 Å². The molecule has 1 saturated carbocycles. The van der Waals surface area contributed by atoms with Crippen molar-refractivity contribution in [2.75, 3.05) is 18.8 Å². The molecule has 0 aromatic heterocycles. The van der Waals surface area contributed by atoms with Crippen molar-refractivity contribution in [1.29, 1.82) is 0 Å². The lowest BCUT2D eigenvalue weighted by Crippen LogP contribution is -2.41. The minimum atomic E-state index is -2.94. The number of rotatable bonds is 2. The van der Waals surface area contributed by atoms with Gasteiger partial charge in [-0.3, -0.25) is 0 Å². The Bertz CT molecular complexity index is 302. The van der Waals surface area contributed by atoms with Crippen LogP contribution in [0.2, 0.25) is 0 Å². The standard InChI is InChI=1S/C9H18N2O2S/c10-7-8-3-1-4-9(8)11-5-2-6-14(11,12)13/h8-9H,1-7,10H2. The molecule has 0 amide bonds. The number of nitrogens with two attached hydrogens (primary N) is 1. The molecule has 1 aliphatic heterocycles. The Kier molecular flexibility index (Phi) is 2.81. The zero-order chi connectivity index (χ0) is 10.2. The van der Waals surface area contributed by atoms with E-state index in [-0.39, 0.29) is 6.04 Å². The normalized spacial score (nSPS) is 37.8. The van der Waals surface area contributed by atoms with Crippen LogP contribution in [0.4, 0.5) is 0 Å². The zero-order valence-corrected chi connectivity index (χ0v) is 9.17. The highest BCUT2D eigenvalue weighted by atomic mass is 32.2. The van der Waals surface area contributed by atoms with Crippen molar-refractivity contribution in [2.24, 2.45) is 11.7 Å². The van der Waals surface area contributed by atoms with E-state index in [0.717, 1.165) is 25.7 Å². The van der Waals surface area contributed by atoms with Crippen molar-refractivity contribution >= 4 is 10.0 Å². The minimum Gasteiger partial charge on any atom is -0.330 e. The van der Waals surface area contributed by atoms with E-state index in [0.29, 0.717) is 24.8 Å². The summed E-state index contributed by atoms with van der Waals surface area (Å²) in [7, 11) is -2.94. The lowest BCUT2D eigenvalue weighted by atomic mass is 10.0. The Morgan fingerprint density at radius 1 is 1.29 bits per heavy atom. The highest BCUT2D eigenvalue weighted by Crippen LogP contribution is 2.33. The van der Waals surface area contributed by atoms with E-state index in [1.807, 2.05) is 0 Å². The van der Waals surface area contributed by atoms with Gasteiger partial charge >= 0.3 is 0 Å². The van der Waals surface area contributed by atoms with Gasteiger partial charge in [0, 0.05) is 12.6 Å². The maximum Gasteiger partial charge on any atom is 0.214 e. The average Bonchev–Trinajstić information content (AvgIpc) is 2.69. The topological polar surface area (TPSA) is 63.4 Å². The summed E-state index contributed by atoms with van der Waals surface area (Å²) in [5.41, 5.74) is 5.66. The number of hydrogen-bond acceptors (Lipinski definition) is 3. The van der Waals surface area contributed by atoms with Gasteiger partial charge in [-0.1, -0.05) is 6.42 Å². The molecule has 5 heteroatoms. The first-order valence-corrected chi connectivity index (χ1v) is 6.95. The van der Waals surface area contributed by atoms with Crippen molar-refractivity contribution < 1.29 is 8.42 Å². The number of sulfonamides is 1. The van der Waals surface area contributed by atoms with Crippen molar-refractivity contribution in [3.8, 4) is 0 Å². The van der Waals surface area contributed by atoms with Gasteiger partial charge in [0.1, 0.15) is 0 Å². The summed E-state index contributed by atoms with van der Waals surface area (Å²) >= 11 is 0. The number of hydrogen-bond donors (Lipinski definition) is 1. The lowest BCUT2D eigenvalue weighted by Gasteiger charge is -2.27. The predicted molar refractivity (Wildman–Crippen MR) is 55.3 cm³/mol. The molecule has 82 valence electrons. The summed E-state index contributed by atoms with van der Waals surface area (Å²) in [5.74, 6) is 0.726. The van der Waals surface area contributed by atoms with E-state index in [2.05, 4.69) is 0 Å². The van der Waals surface area contributed by atoms with Crippen LogP contribution in [0.15, 0.2) is 0 Å². The van der Waals surface area contributed by atoms with Crippen LogP contribution in [0.3, 0.4) is 0 Å². The Hall–Kier alpha value is -0.130. The van der Waals surface area contributed by atoms with E-state index in [4.69, 9.17) is 5.73 Å². The second kappa shape index (κ2) is 3.79. The van der Waals surface area contributed by atoms with E-state index in [1.165, 1.54) is 0 Å². The number of nitrogens with zero attached hydrogens (tertiary/aromatic N) is 1. The molecule has 1 heterocycles. The third-order valence-electron chi connectivity index (χ3n) is 3.43. The van der Waals surface area contributed by atoms with Gasteiger partial charge in [-0.15, -0.1) is 0 Å². The maximum atomic E-state index is 11.7. The van der Waals surface area contributed by atoms with Crippen molar-refractivity contribution in [3.05, 3.63) is 0 Å². The highest BCUT2D eigenvalue weighted by molar-refractivity contribution is 7.89. The first-order chi connectivity index (χ1) is 6.65. The van der Waals surface area contributed by atoms with E-state index in [9.17, 15) is 8.42 Å². The second-order valence-corrected chi connectivity index (χ2v) is 6.32. The van der Waals surface area contributed by atoms with Crippen LogP contribution in [0.25, 0.3) is 0 Å². The Morgan fingerprint density at radius 3 is 2.64 bits per heavy atom. The summed E-state index contributed by atoms with van der Waals surface area (Å²) in [6.07, 6.45) is 4.00. The predicted octanol–water partition coefficient (Wildman–Crippen LogP) is 0.149. The fourth-order valence-electron chi connectivity index (χ4n) is 2.70. The quantitative estimate of drug-likeness (QED) is 0.717. The smallest absolute Gasteiger partial charge is 0.214 e. The fraction of sp³-hybridized carbons (Fsp3) is 1.00. The summed E-state index contributed by atoms with van der Waals surface area (Å²) in [6.45, 7) is 1.33. The zero-order valence-electron chi connectivity index (χ0n) is 8.35. The van der Waals surface area contributed by atoms with Crippen LogP contribution in [0.1, 0.15) is 25.7 Å². The fourth-order valence-corrected chi connectivity index (χ4v) is 4.53. The third-order valence-corrected chi connectivity index (χ3v) is 5.40. The molecule has 1 aliphatic carbocycles. The van der Waals surface area contributed by atoms with Gasteiger partial charge in [0.15, 0.2) is 0 Å². The second-order valence-electron chi connectivity index (χ2n) is 4.27. The van der Waals surface area contributed by atoms with Crippen LogP contribution in [-0.2, 0) is 10.0 Å². The first kappa shape index (κ1) is 10.4. The molecule has 0 spiro atoms. The molecule has 0 aromatic rings. The molecular weight excluding hydrogens is 200 g/mol. The molecule has 0 aromatic carbocycles. The van der Waals surface area contributed by atoms with Gasteiger partial charge in [0.05, 0.1) is 5.75 Å². The maximum absolute atomic E-state index is 11.7. The molecule has 2 N–H and O–H groups in total. The van der Waals surface area contributed by atoms with Gasteiger partial charge in [0.25, 0.3) is 0 Å². The summed E-state index contributed by atoms with van der Waals surface area (Å²) in [5, 5.41) is 0. The van der Waals surface area contributed by atoms with E-state index >= 15 is 0 Å². The lowest BCUT2D eigenvalue weighted by molar-refractivity contribution is 0.283. The summed E-state index contributed by atoms with van der Waals surface area (Å²) in [4.78, 5) is 0. The summed E-state index contributed by atoms with van der Waals surface area (Å²) < 4.78 is 25.1. The first-order valence-electron chi connectivity index (χ1n) is 5.35. The summed E-state index contributed by atoms with van der Waals surface area (Å²) in [6, 6.07) is 0.201. The molecule has 2 rings (SSSR count). The van der Waals surface area contributed by atoms with Crippen LogP contribution in [-0.4, -0.2) is 37.6 Å². The van der Waals surface area contributed by atoms with Crippen molar-refractivity contribution in [2.45, 2.75) is 31.7 Å². The molecular formula is C9H18N2O2S. The molecule has 2 unspecified atom stereocenters. The molecule has 2 aliphatic rings. The SMILES string of the molecule is NCC1CCCC1N1CCCS1(=O)=O. The molecule has 14 heavy (non-hydrogen) atoms. The molecule has 0 bridgehead atoms. The third kappa shape index (κ3) is 1.68. The highest BCUT2D eigenvalue weighted by Gasteiger charge is 2.39. The van der Waals surface area contributed by atoms with Crippen LogP contribution in [0, 0.1) is 5.92 Å². The van der Waals surface area contributed by atoms with E-state index in [1.54, 1.807) is 4.31 Å². The Morgan fingerprint density at radius 2 is 2.07 bits per heavy atom. The van der Waals surface area contributed by atoms with Crippen LogP contribution >= 0.6 is 0 Å². The van der Waals surface area contributed by atoms with Gasteiger partial charge in [-0.05, 0) is 31.7 Å². The largest absolute Gasteiger partial charge is 0.330 e. The van der Waals surface area contributed by atoms with Gasteiger partial charge in [-0.2, -0.15) is 4.31 Å². The minimum absolute atomic E-state index is 0.201. The van der Waals surface area contributed by atoms with Crippen molar-refractivity contribution in [3.63, 3.8) is 0 Å². The average molecular weight is 218 g/mol. The van der Waals surface area contributed by atoms with Crippen LogP contribution < -0.4 is 5.73 Å². The molecule has 2 fully saturated rings. The molecule has 4 nitrogen and oxygen atoms in total. The molecule has 2 atom stereocenters. The Labute approximate surface area is 85.5 Å². The van der Waals surface area contributed by atoms with Crippen molar-refractivity contribution in [1.82, 2.24) is 4.31 Å². The van der Waals surface area contributed by atoms with Gasteiger partial charge in [-0.25, -0.2) is 8.42 Å². The van der Waals surface area contributed by atoms with E-state index < -0.39 is 10.0 Å². The molecule has 0 radical (unpaired) electrons. The van der Waals surface area contributed by atoms with Crippen LogP contribution in [0.5, 0.6) is 0 Å². The monoisotopic (exact) mass is 218 g/mol. The van der Waals surface area contributed by atoms with Gasteiger partial charge < -0.3 is 5.73 Å². The molecule has 1 saturated heterocycles. The Balaban J connectivity index is 2.14.